The van der Waals surface area contributed by atoms with E-state index in [4.69, 9.17) is 5.73 Å². The number of nitrogens with two attached hydrogens (primary N) is 1. The molecule has 2 N–H and O–H groups in total. The number of piperidine rings is 1. The highest BCUT2D eigenvalue weighted by Gasteiger charge is 2.40. The van der Waals surface area contributed by atoms with Gasteiger partial charge in [-0.1, -0.05) is 6.92 Å². The number of nitrogens with zero attached hydrogens (tertiary/aromatic N) is 3. The van der Waals surface area contributed by atoms with Gasteiger partial charge in [-0.25, -0.2) is 0 Å². The first-order valence-electron chi connectivity index (χ1n) is 7.49. The van der Waals surface area contributed by atoms with Gasteiger partial charge in [0.2, 0.25) is 0 Å². The third-order valence-corrected chi connectivity index (χ3v) is 5.24. The third kappa shape index (κ3) is 2.72. The van der Waals surface area contributed by atoms with Gasteiger partial charge in [-0.15, -0.1) is 0 Å². The first-order chi connectivity index (χ1) is 8.61. The highest BCUT2D eigenvalue weighted by molar-refractivity contribution is 4.98. The Kier molecular flexibility index (Phi) is 4.64. The van der Waals surface area contributed by atoms with Crippen LogP contribution in [0.4, 0.5) is 0 Å². The molecule has 0 bridgehead atoms. The first kappa shape index (κ1) is 14.3. The van der Waals surface area contributed by atoms with Gasteiger partial charge in [0.15, 0.2) is 0 Å². The fraction of sp³-hybridized carbons (Fsp3) is 1.00. The topological polar surface area (TPSA) is 35.7 Å². The zero-order valence-corrected chi connectivity index (χ0v) is 12.4. The van der Waals surface area contributed by atoms with E-state index in [0.717, 1.165) is 6.54 Å². The molecule has 2 fully saturated rings. The number of rotatable bonds is 3. The summed E-state index contributed by atoms with van der Waals surface area (Å²) in [6.07, 6.45) is 2.49. The van der Waals surface area contributed by atoms with E-state index in [2.05, 4.69) is 35.6 Å². The molecule has 2 aliphatic heterocycles. The van der Waals surface area contributed by atoms with Crippen molar-refractivity contribution in [1.82, 2.24) is 14.7 Å². The van der Waals surface area contributed by atoms with E-state index in [1.165, 1.54) is 52.1 Å². The Bertz CT molecular complexity index is 261. The van der Waals surface area contributed by atoms with E-state index >= 15 is 0 Å². The fourth-order valence-electron chi connectivity index (χ4n) is 3.41. The lowest BCUT2D eigenvalue weighted by molar-refractivity contribution is -0.0172. The standard InChI is InChI=1S/C14H30N4/c1-4-17-7-5-14(12-15,6-8-17)18-10-9-16(3)13(2)11-18/h13H,4-12,15H2,1-3H3. The highest BCUT2D eigenvalue weighted by Crippen LogP contribution is 2.29. The van der Waals surface area contributed by atoms with Crippen molar-refractivity contribution in [3.63, 3.8) is 0 Å². The van der Waals surface area contributed by atoms with Crippen molar-refractivity contribution in [1.29, 1.82) is 0 Å². The largest absolute Gasteiger partial charge is 0.329 e. The van der Waals surface area contributed by atoms with Crippen molar-refractivity contribution in [2.45, 2.75) is 38.3 Å². The molecule has 18 heavy (non-hydrogen) atoms. The lowest BCUT2D eigenvalue weighted by Gasteiger charge is -2.52. The van der Waals surface area contributed by atoms with Gasteiger partial charge < -0.3 is 15.5 Å². The molecule has 0 aromatic rings. The number of hydrogen-bond donors (Lipinski definition) is 1. The van der Waals surface area contributed by atoms with E-state index in [-0.39, 0.29) is 5.54 Å². The molecular weight excluding hydrogens is 224 g/mol. The summed E-state index contributed by atoms with van der Waals surface area (Å²) in [4.78, 5) is 7.69. The SMILES string of the molecule is CCN1CCC(CN)(N2CCN(C)C(C)C2)CC1. The van der Waals surface area contributed by atoms with Crippen LogP contribution in [0.2, 0.25) is 0 Å². The smallest absolute Gasteiger partial charge is 0.0357 e. The van der Waals surface area contributed by atoms with Crippen LogP contribution in [0.3, 0.4) is 0 Å². The summed E-state index contributed by atoms with van der Waals surface area (Å²) in [5, 5.41) is 0. The van der Waals surface area contributed by atoms with E-state index in [0.29, 0.717) is 6.04 Å². The van der Waals surface area contributed by atoms with E-state index in [1.807, 2.05) is 0 Å². The Morgan fingerprint density at radius 3 is 2.33 bits per heavy atom. The summed E-state index contributed by atoms with van der Waals surface area (Å²) < 4.78 is 0. The maximum absolute atomic E-state index is 6.16. The molecule has 2 aliphatic rings. The van der Waals surface area contributed by atoms with Crippen LogP contribution in [0.5, 0.6) is 0 Å². The molecule has 106 valence electrons. The summed E-state index contributed by atoms with van der Waals surface area (Å²) in [6, 6.07) is 0.659. The Morgan fingerprint density at radius 1 is 1.17 bits per heavy atom. The van der Waals surface area contributed by atoms with Crippen molar-refractivity contribution in [2.75, 3.05) is 52.9 Å². The predicted octanol–water partition coefficient (Wildman–Crippen LogP) is 0.436. The van der Waals surface area contributed by atoms with Crippen LogP contribution in [0.25, 0.3) is 0 Å². The second kappa shape index (κ2) is 5.87. The molecule has 0 radical (unpaired) electrons. The average molecular weight is 254 g/mol. The van der Waals surface area contributed by atoms with Gasteiger partial charge in [-0.2, -0.15) is 0 Å². The fourth-order valence-corrected chi connectivity index (χ4v) is 3.41. The lowest BCUT2D eigenvalue weighted by atomic mass is 9.84. The van der Waals surface area contributed by atoms with Crippen molar-refractivity contribution < 1.29 is 0 Å². The number of likely N-dealkylation sites (N-methyl/N-ethyl adjacent to an activating group) is 1. The Balaban J connectivity index is 2.00. The zero-order chi connectivity index (χ0) is 13.2. The summed E-state index contributed by atoms with van der Waals surface area (Å²) in [5.41, 5.74) is 6.44. The minimum Gasteiger partial charge on any atom is -0.329 e. The second-order valence-electron chi connectivity index (χ2n) is 6.14. The Labute approximate surface area is 112 Å². The molecule has 0 saturated carbocycles. The predicted molar refractivity (Wildman–Crippen MR) is 76.8 cm³/mol. The monoisotopic (exact) mass is 254 g/mol. The first-order valence-corrected chi connectivity index (χ1v) is 7.49. The Morgan fingerprint density at radius 2 is 1.83 bits per heavy atom. The van der Waals surface area contributed by atoms with Crippen LogP contribution >= 0.6 is 0 Å². The summed E-state index contributed by atoms with van der Waals surface area (Å²) in [7, 11) is 2.23. The molecule has 0 aliphatic carbocycles. The van der Waals surface area contributed by atoms with Gasteiger partial charge in [0.05, 0.1) is 0 Å². The van der Waals surface area contributed by atoms with Crippen LogP contribution in [0.15, 0.2) is 0 Å². The van der Waals surface area contributed by atoms with Gasteiger partial charge >= 0.3 is 0 Å². The molecule has 0 amide bonds. The molecule has 2 heterocycles. The average Bonchev–Trinajstić information content (AvgIpc) is 2.42. The van der Waals surface area contributed by atoms with Crippen LogP contribution in [0, 0.1) is 0 Å². The van der Waals surface area contributed by atoms with Gasteiger partial charge in [-0.05, 0) is 46.4 Å². The molecule has 0 aromatic carbocycles. The molecule has 1 atom stereocenters. The van der Waals surface area contributed by atoms with Crippen molar-refractivity contribution in [3.8, 4) is 0 Å². The van der Waals surface area contributed by atoms with Crippen molar-refractivity contribution in [3.05, 3.63) is 0 Å². The molecule has 2 saturated heterocycles. The third-order valence-electron chi connectivity index (χ3n) is 5.24. The van der Waals surface area contributed by atoms with Gasteiger partial charge in [0, 0.05) is 37.8 Å². The summed E-state index contributed by atoms with van der Waals surface area (Å²) in [6.45, 7) is 12.6. The minimum absolute atomic E-state index is 0.279. The van der Waals surface area contributed by atoms with E-state index in [1.54, 1.807) is 0 Å². The molecule has 0 spiro atoms. The quantitative estimate of drug-likeness (QED) is 0.792. The van der Waals surface area contributed by atoms with Crippen LogP contribution in [-0.2, 0) is 0 Å². The van der Waals surface area contributed by atoms with Crippen LogP contribution < -0.4 is 5.73 Å². The molecule has 4 nitrogen and oxygen atoms in total. The maximum Gasteiger partial charge on any atom is 0.0357 e. The normalized spacial score (nSPS) is 31.7. The molecule has 4 heteroatoms. The highest BCUT2D eigenvalue weighted by atomic mass is 15.3. The minimum atomic E-state index is 0.279. The maximum atomic E-state index is 6.16. The molecule has 2 rings (SSSR count). The van der Waals surface area contributed by atoms with Crippen LogP contribution in [-0.4, -0.2) is 79.1 Å². The summed E-state index contributed by atoms with van der Waals surface area (Å²) >= 11 is 0. The number of piperazine rings is 1. The number of likely N-dealkylation sites (tertiary alicyclic amines) is 1. The van der Waals surface area contributed by atoms with Gasteiger partial charge in [-0.3, -0.25) is 4.90 Å². The van der Waals surface area contributed by atoms with Crippen LogP contribution in [0.1, 0.15) is 26.7 Å². The summed E-state index contributed by atoms with van der Waals surface area (Å²) in [5.74, 6) is 0. The van der Waals surface area contributed by atoms with E-state index < -0.39 is 0 Å². The van der Waals surface area contributed by atoms with Crippen molar-refractivity contribution in [2.24, 2.45) is 5.73 Å². The molecular formula is C14H30N4. The lowest BCUT2D eigenvalue weighted by Crippen LogP contribution is -2.64. The van der Waals surface area contributed by atoms with Crippen molar-refractivity contribution >= 4 is 0 Å². The number of hydrogen-bond acceptors (Lipinski definition) is 4. The van der Waals surface area contributed by atoms with Gasteiger partial charge in [0.1, 0.15) is 0 Å². The van der Waals surface area contributed by atoms with Gasteiger partial charge in [0.25, 0.3) is 0 Å². The van der Waals surface area contributed by atoms with E-state index in [9.17, 15) is 0 Å². The molecule has 1 unspecified atom stereocenters. The second-order valence-corrected chi connectivity index (χ2v) is 6.14. The Hall–Kier alpha value is -0.160. The molecule has 0 aromatic heterocycles. The zero-order valence-electron chi connectivity index (χ0n) is 12.4.